The molecule has 3 nitrogen and oxygen atoms in total. The van der Waals surface area contributed by atoms with Gasteiger partial charge in [0.25, 0.3) is 0 Å². The van der Waals surface area contributed by atoms with Crippen molar-refractivity contribution in [2.75, 3.05) is 32.5 Å². The normalized spacial score (nSPS) is 19.0. The smallest absolute Gasteiger partial charge is 0.176 e. The number of carbonyl (C=O) groups excluding carboxylic acids is 1. The molecule has 1 fully saturated rings. The summed E-state index contributed by atoms with van der Waals surface area (Å²) in [5, 5.41) is 0. The van der Waals surface area contributed by atoms with E-state index in [0.717, 1.165) is 25.3 Å². The third kappa shape index (κ3) is 4.45. The van der Waals surface area contributed by atoms with Gasteiger partial charge in [0.05, 0.1) is 13.7 Å². The summed E-state index contributed by atoms with van der Waals surface area (Å²) in [4.78, 5) is 14.4. The molecule has 0 spiro atoms. The van der Waals surface area contributed by atoms with Crippen molar-refractivity contribution in [2.45, 2.75) is 25.0 Å². The molecular weight excluding hydrogens is 289 g/mol. The summed E-state index contributed by atoms with van der Waals surface area (Å²) in [6.07, 6.45) is 1.06. The first kappa shape index (κ1) is 16.3. The van der Waals surface area contributed by atoms with Crippen LogP contribution in [-0.4, -0.2) is 47.9 Å². The van der Waals surface area contributed by atoms with Crippen molar-refractivity contribution in [3.05, 3.63) is 29.6 Å². The highest BCUT2D eigenvalue weighted by atomic mass is 32.2. The average molecular weight is 311 g/mol. The summed E-state index contributed by atoms with van der Waals surface area (Å²) >= 11 is 1.95. The molecule has 1 aliphatic heterocycles. The molecule has 5 heteroatoms. The van der Waals surface area contributed by atoms with Crippen LogP contribution in [0.5, 0.6) is 5.75 Å². The molecule has 0 bridgehead atoms. The van der Waals surface area contributed by atoms with E-state index in [1.807, 2.05) is 11.8 Å². The minimum Gasteiger partial charge on any atom is -0.494 e. The first-order valence-corrected chi connectivity index (χ1v) is 8.13. The number of hydrogen-bond acceptors (Lipinski definition) is 4. The van der Waals surface area contributed by atoms with Gasteiger partial charge in [0, 0.05) is 22.6 Å². The first-order chi connectivity index (χ1) is 9.91. The monoisotopic (exact) mass is 311 g/mol. The second-order valence-electron chi connectivity index (χ2n) is 5.91. The molecule has 0 aromatic heterocycles. The first-order valence-electron chi connectivity index (χ1n) is 7.14. The predicted molar refractivity (Wildman–Crippen MR) is 84.9 cm³/mol. The van der Waals surface area contributed by atoms with E-state index >= 15 is 0 Å². The van der Waals surface area contributed by atoms with Crippen LogP contribution in [0.15, 0.2) is 18.2 Å². The zero-order valence-electron chi connectivity index (χ0n) is 12.8. The third-order valence-electron chi connectivity index (χ3n) is 3.77. The van der Waals surface area contributed by atoms with Gasteiger partial charge in [-0.05, 0) is 31.2 Å². The van der Waals surface area contributed by atoms with Gasteiger partial charge in [-0.15, -0.1) is 0 Å². The highest BCUT2D eigenvalue weighted by Crippen LogP contribution is 2.30. The number of Topliss-reactive ketones (excluding diaryl/α,β-unsaturated/α-hetero) is 1. The van der Waals surface area contributed by atoms with Gasteiger partial charge < -0.3 is 4.74 Å². The van der Waals surface area contributed by atoms with E-state index in [-0.39, 0.29) is 16.3 Å². The van der Waals surface area contributed by atoms with Crippen LogP contribution in [0.3, 0.4) is 0 Å². The molecular formula is C16H22FNO2S. The maximum absolute atomic E-state index is 13.7. The van der Waals surface area contributed by atoms with E-state index < -0.39 is 5.82 Å². The van der Waals surface area contributed by atoms with Crippen molar-refractivity contribution in [3.8, 4) is 5.75 Å². The Morgan fingerprint density at radius 2 is 2.19 bits per heavy atom. The zero-order chi connectivity index (χ0) is 15.5. The quantitative estimate of drug-likeness (QED) is 0.799. The summed E-state index contributed by atoms with van der Waals surface area (Å²) in [7, 11) is 1.41. The molecule has 0 radical (unpaired) electrons. The number of ether oxygens (including phenoxy) is 1. The maximum Gasteiger partial charge on any atom is 0.176 e. The van der Waals surface area contributed by atoms with Crippen LogP contribution in [0.25, 0.3) is 0 Å². The van der Waals surface area contributed by atoms with Gasteiger partial charge >= 0.3 is 0 Å². The second kappa shape index (κ2) is 6.79. The van der Waals surface area contributed by atoms with E-state index in [1.54, 1.807) is 6.07 Å². The summed E-state index contributed by atoms with van der Waals surface area (Å²) in [6.45, 7) is 6.63. The lowest BCUT2D eigenvalue weighted by molar-refractivity contribution is 0.0933. The zero-order valence-corrected chi connectivity index (χ0v) is 13.6. The van der Waals surface area contributed by atoms with Gasteiger partial charge in [-0.1, -0.05) is 13.8 Å². The van der Waals surface area contributed by atoms with Gasteiger partial charge in [-0.2, -0.15) is 11.8 Å². The number of benzene rings is 1. The van der Waals surface area contributed by atoms with Crippen LogP contribution in [0.4, 0.5) is 4.39 Å². The lowest BCUT2D eigenvalue weighted by Gasteiger charge is -2.22. The summed E-state index contributed by atoms with van der Waals surface area (Å²) in [5.41, 5.74) is 0.407. The molecule has 0 atom stereocenters. The molecule has 1 aliphatic rings. The average Bonchev–Trinajstić information content (AvgIpc) is 2.60. The predicted octanol–water partition coefficient (Wildman–Crippen LogP) is 3.23. The molecule has 21 heavy (non-hydrogen) atoms. The Morgan fingerprint density at radius 1 is 1.43 bits per heavy atom. The highest BCUT2D eigenvalue weighted by Gasteiger charge is 2.24. The largest absolute Gasteiger partial charge is 0.494 e. The molecule has 0 aliphatic carbocycles. The van der Waals surface area contributed by atoms with E-state index in [0.29, 0.717) is 12.1 Å². The molecule has 0 unspecified atom stereocenters. The Labute approximate surface area is 129 Å². The van der Waals surface area contributed by atoms with Crippen LogP contribution in [0.1, 0.15) is 30.6 Å². The van der Waals surface area contributed by atoms with Gasteiger partial charge in [0.1, 0.15) is 0 Å². The molecule has 1 aromatic rings. The summed E-state index contributed by atoms with van der Waals surface area (Å²) in [5.74, 6) is 0.661. The minimum absolute atomic E-state index is 0.0405. The highest BCUT2D eigenvalue weighted by molar-refractivity contribution is 8.00. The van der Waals surface area contributed by atoms with Crippen LogP contribution >= 0.6 is 11.8 Å². The third-order valence-corrected chi connectivity index (χ3v) is 5.14. The van der Waals surface area contributed by atoms with Crippen LogP contribution in [-0.2, 0) is 0 Å². The number of thioether (sulfide) groups is 1. The molecule has 1 saturated heterocycles. The van der Waals surface area contributed by atoms with Crippen LogP contribution in [0.2, 0.25) is 0 Å². The van der Waals surface area contributed by atoms with Crippen molar-refractivity contribution >= 4 is 17.5 Å². The number of halogens is 1. The summed E-state index contributed by atoms with van der Waals surface area (Å²) < 4.78 is 18.8. The van der Waals surface area contributed by atoms with E-state index in [1.165, 1.54) is 19.2 Å². The molecule has 2 rings (SSSR count). The van der Waals surface area contributed by atoms with Crippen LogP contribution < -0.4 is 4.74 Å². The molecule has 1 heterocycles. The second-order valence-corrected chi connectivity index (χ2v) is 7.71. The van der Waals surface area contributed by atoms with Gasteiger partial charge in [0.2, 0.25) is 0 Å². The van der Waals surface area contributed by atoms with Crippen molar-refractivity contribution < 1.29 is 13.9 Å². The van der Waals surface area contributed by atoms with Crippen molar-refractivity contribution in [3.63, 3.8) is 0 Å². The number of nitrogens with zero attached hydrogens (tertiary/aromatic N) is 1. The standard InChI is InChI=1S/C16H22FNO2S/c1-16(2)6-7-18(8-9-21-16)11-14(19)12-4-5-15(20-3)13(17)10-12/h4-5,10H,6-9,11H2,1-3H3. The lowest BCUT2D eigenvalue weighted by atomic mass is 10.1. The Hall–Kier alpha value is -1.07. The molecule has 116 valence electrons. The number of rotatable bonds is 4. The molecule has 0 amide bonds. The lowest BCUT2D eigenvalue weighted by Crippen LogP contribution is -2.32. The van der Waals surface area contributed by atoms with Crippen molar-refractivity contribution in [2.24, 2.45) is 0 Å². The van der Waals surface area contributed by atoms with Crippen LogP contribution in [0, 0.1) is 5.82 Å². The minimum atomic E-state index is -0.490. The fraction of sp³-hybridized carbons (Fsp3) is 0.562. The van der Waals surface area contributed by atoms with Crippen molar-refractivity contribution in [1.29, 1.82) is 0 Å². The van der Waals surface area contributed by atoms with Gasteiger partial charge in [0.15, 0.2) is 17.3 Å². The fourth-order valence-electron chi connectivity index (χ4n) is 2.35. The fourth-order valence-corrected chi connectivity index (χ4v) is 3.49. The summed E-state index contributed by atoms with van der Waals surface area (Å²) in [6, 6.07) is 4.39. The molecule has 1 aromatic carbocycles. The number of hydrogen-bond donors (Lipinski definition) is 0. The Bertz CT molecular complexity index is 519. The number of ketones is 1. The Kier molecular flexibility index (Phi) is 5.27. The molecule has 0 saturated carbocycles. The Morgan fingerprint density at radius 3 is 2.86 bits per heavy atom. The van der Waals surface area contributed by atoms with E-state index in [9.17, 15) is 9.18 Å². The maximum atomic E-state index is 13.7. The van der Waals surface area contributed by atoms with Crippen molar-refractivity contribution in [1.82, 2.24) is 4.90 Å². The topological polar surface area (TPSA) is 29.5 Å². The number of carbonyl (C=O) groups is 1. The van der Waals surface area contributed by atoms with E-state index in [4.69, 9.17) is 4.74 Å². The van der Waals surface area contributed by atoms with E-state index in [2.05, 4.69) is 18.7 Å². The Balaban J connectivity index is 1.99. The van der Waals surface area contributed by atoms with Gasteiger partial charge in [-0.3, -0.25) is 9.69 Å². The van der Waals surface area contributed by atoms with Gasteiger partial charge in [-0.25, -0.2) is 4.39 Å². The SMILES string of the molecule is COc1ccc(C(=O)CN2CCSC(C)(C)CC2)cc1F. The molecule has 0 N–H and O–H groups in total. The number of methoxy groups -OCH3 is 1.